The van der Waals surface area contributed by atoms with E-state index in [-0.39, 0.29) is 11.9 Å². The molecule has 170 valence electrons. The summed E-state index contributed by atoms with van der Waals surface area (Å²) in [6, 6.07) is 7.63. The number of imidazole rings is 1. The molecule has 0 fully saturated rings. The van der Waals surface area contributed by atoms with Crippen LogP contribution in [0.1, 0.15) is 39.2 Å². The van der Waals surface area contributed by atoms with Crippen LogP contribution < -0.4 is 10.1 Å². The summed E-state index contributed by atoms with van der Waals surface area (Å²) in [6.45, 7) is 10.1. The van der Waals surface area contributed by atoms with Gasteiger partial charge in [-0.3, -0.25) is 4.79 Å². The molecule has 1 aromatic heterocycles. The summed E-state index contributed by atoms with van der Waals surface area (Å²) in [5.74, 6) is 0.876. The van der Waals surface area contributed by atoms with Crippen LogP contribution in [0, 0.1) is 0 Å². The second kappa shape index (κ2) is 13.3. The molecule has 2 rings (SSSR count). The Labute approximate surface area is 185 Å². The number of carbonyl (C=O) groups is 2. The van der Waals surface area contributed by atoms with Crippen LogP contribution in [0.25, 0.3) is 0 Å². The zero-order chi connectivity index (χ0) is 22.5. The second-order valence-corrected chi connectivity index (χ2v) is 7.20. The fraction of sp³-hybridized carbons (Fsp3) is 0.522. The van der Waals surface area contributed by atoms with Crippen molar-refractivity contribution < 1.29 is 14.3 Å². The first-order valence-electron chi connectivity index (χ1n) is 11.0. The summed E-state index contributed by atoms with van der Waals surface area (Å²) >= 11 is 0. The number of carbonyl (C=O) groups excluding carboxylic acids is 2. The van der Waals surface area contributed by atoms with E-state index in [0.29, 0.717) is 45.8 Å². The average Bonchev–Trinajstić information content (AvgIpc) is 3.29. The first-order valence-corrected chi connectivity index (χ1v) is 11.0. The maximum absolute atomic E-state index is 12.8. The minimum atomic E-state index is -0.160. The second-order valence-electron chi connectivity index (χ2n) is 7.20. The first-order chi connectivity index (χ1) is 15.1. The van der Waals surface area contributed by atoms with Gasteiger partial charge in [0.25, 0.3) is 0 Å². The molecule has 0 bridgehead atoms. The number of nitrogens with one attached hydrogen (secondary N) is 1. The van der Waals surface area contributed by atoms with Crippen molar-refractivity contribution >= 4 is 11.9 Å². The van der Waals surface area contributed by atoms with Crippen molar-refractivity contribution in [1.29, 1.82) is 0 Å². The van der Waals surface area contributed by atoms with Crippen molar-refractivity contribution in [2.45, 2.75) is 46.7 Å². The summed E-state index contributed by atoms with van der Waals surface area (Å²) in [5, 5.41) is 2.91. The summed E-state index contributed by atoms with van der Waals surface area (Å²) < 4.78 is 7.49. The Balaban J connectivity index is 1.93. The lowest BCUT2D eigenvalue weighted by Crippen LogP contribution is -2.42. The van der Waals surface area contributed by atoms with Crippen molar-refractivity contribution in [2.75, 3.05) is 32.8 Å². The minimum Gasteiger partial charge on any atom is -0.494 e. The van der Waals surface area contributed by atoms with Crippen molar-refractivity contribution in [3.8, 4) is 5.75 Å². The molecule has 8 heteroatoms. The fourth-order valence-electron chi connectivity index (χ4n) is 3.32. The van der Waals surface area contributed by atoms with Gasteiger partial charge in [0, 0.05) is 58.1 Å². The van der Waals surface area contributed by atoms with E-state index in [0.717, 1.165) is 24.3 Å². The van der Waals surface area contributed by atoms with Gasteiger partial charge in [-0.2, -0.15) is 0 Å². The van der Waals surface area contributed by atoms with Gasteiger partial charge in [0.05, 0.1) is 12.9 Å². The van der Waals surface area contributed by atoms with Gasteiger partial charge in [0.1, 0.15) is 5.75 Å². The van der Waals surface area contributed by atoms with E-state index in [1.54, 1.807) is 22.3 Å². The lowest BCUT2D eigenvalue weighted by Gasteiger charge is -2.24. The van der Waals surface area contributed by atoms with Crippen LogP contribution in [0.4, 0.5) is 4.79 Å². The quantitative estimate of drug-likeness (QED) is 0.530. The number of benzene rings is 1. The molecule has 0 spiro atoms. The van der Waals surface area contributed by atoms with Gasteiger partial charge >= 0.3 is 6.03 Å². The summed E-state index contributed by atoms with van der Waals surface area (Å²) in [7, 11) is 0. The maximum Gasteiger partial charge on any atom is 0.317 e. The molecule has 8 nitrogen and oxygen atoms in total. The van der Waals surface area contributed by atoms with Gasteiger partial charge in [-0.25, -0.2) is 9.78 Å². The van der Waals surface area contributed by atoms with Gasteiger partial charge in [-0.1, -0.05) is 12.1 Å². The van der Waals surface area contributed by atoms with E-state index in [9.17, 15) is 9.59 Å². The average molecular weight is 430 g/mol. The molecule has 0 aliphatic carbocycles. The number of urea groups is 1. The predicted octanol–water partition coefficient (Wildman–Crippen LogP) is 3.14. The standard InChI is InChI=1S/C23H35N5O3/c1-4-27(5-2)22(29)12-13-25-23(30)28(16-7-15-26-17-14-24-19-26)18-20-8-10-21(11-9-20)31-6-3/h8-11,14,17,19H,4-7,12-13,15-16,18H2,1-3H3,(H,25,30). The SMILES string of the molecule is CCOc1ccc(CN(CCCn2ccnc2)C(=O)NCCC(=O)N(CC)CC)cc1. The van der Waals surface area contributed by atoms with E-state index >= 15 is 0 Å². The number of hydrogen-bond acceptors (Lipinski definition) is 4. The van der Waals surface area contributed by atoms with Crippen molar-refractivity contribution in [3.63, 3.8) is 0 Å². The lowest BCUT2D eigenvalue weighted by atomic mass is 10.2. The Kier molecular flexibility index (Phi) is 10.4. The molecule has 1 heterocycles. The van der Waals surface area contributed by atoms with E-state index in [1.807, 2.05) is 55.8 Å². The van der Waals surface area contributed by atoms with Gasteiger partial charge in [-0.05, 0) is 44.9 Å². The molecule has 3 amide bonds. The number of ether oxygens (including phenoxy) is 1. The topological polar surface area (TPSA) is 79.7 Å². The first kappa shape index (κ1) is 24.2. The van der Waals surface area contributed by atoms with Gasteiger partial charge in [0.2, 0.25) is 5.91 Å². The zero-order valence-corrected chi connectivity index (χ0v) is 18.9. The summed E-state index contributed by atoms with van der Waals surface area (Å²) in [4.78, 5) is 32.6. The third-order valence-corrected chi connectivity index (χ3v) is 5.03. The van der Waals surface area contributed by atoms with Gasteiger partial charge in [-0.15, -0.1) is 0 Å². The lowest BCUT2D eigenvalue weighted by molar-refractivity contribution is -0.130. The maximum atomic E-state index is 12.8. The predicted molar refractivity (Wildman–Crippen MR) is 121 cm³/mol. The molecular formula is C23H35N5O3. The number of rotatable bonds is 13. The Bertz CT molecular complexity index is 773. The number of hydrogen-bond donors (Lipinski definition) is 1. The molecule has 31 heavy (non-hydrogen) atoms. The van der Waals surface area contributed by atoms with Crippen LogP contribution in [0.2, 0.25) is 0 Å². The Hall–Kier alpha value is -3.03. The molecule has 0 saturated heterocycles. The molecule has 0 aliphatic rings. The molecule has 2 aromatic rings. The van der Waals surface area contributed by atoms with E-state index < -0.39 is 0 Å². The smallest absolute Gasteiger partial charge is 0.317 e. The molecular weight excluding hydrogens is 394 g/mol. The van der Waals surface area contributed by atoms with Gasteiger partial charge in [0.15, 0.2) is 0 Å². The van der Waals surface area contributed by atoms with Crippen molar-refractivity contribution in [2.24, 2.45) is 0 Å². The zero-order valence-electron chi connectivity index (χ0n) is 18.9. The minimum absolute atomic E-state index is 0.0588. The van der Waals surface area contributed by atoms with E-state index in [1.165, 1.54) is 0 Å². The van der Waals surface area contributed by atoms with Crippen LogP contribution in [0.5, 0.6) is 5.75 Å². The Morgan fingerprint density at radius 3 is 2.45 bits per heavy atom. The van der Waals surface area contributed by atoms with Crippen molar-refractivity contribution in [1.82, 2.24) is 24.7 Å². The molecule has 1 N–H and O–H groups in total. The van der Waals surface area contributed by atoms with E-state index in [2.05, 4.69) is 10.3 Å². The largest absolute Gasteiger partial charge is 0.494 e. The number of aryl methyl sites for hydroxylation is 1. The highest BCUT2D eigenvalue weighted by Crippen LogP contribution is 2.14. The molecule has 0 aliphatic heterocycles. The third kappa shape index (κ3) is 8.32. The molecule has 0 radical (unpaired) electrons. The van der Waals surface area contributed by atoms with Crippen molar-refractivity contribution in [3.05, 3.63) is 48.5 Å². The number of nitrogens with zero attached hydrogens (tertiary/aromatic N) is 4. The van der Waals surface area contributed by atoms with Crippen LogP contribution in [-0.2, 0) is 17.9 Å². The molecule has 0 saturated carbocycles. The Morgan fingerprint density at radius 1 is 1.10 bits per heavy atom. The highest BCUT2D eigenvalue weighted by molar-refractivity contribution is 5.78. The van der Waals surface area contributed by atoms with Crippen LogP contribution in [-0.4, -0.2) is 64.1 Å². The number of aromatic nitrogens is 2. The number of amides is 3. The summed E-state index contributed by atoms with van der Waals surface area (Å²) in [6.07, 6.45) is 6.54. The monoisotopic (exact) mass is 429 g/mol. The summed E-state index contributed by atoms with van der Waals surface area (Å²) in [5.41, 5.74) is 1.03. The third-order valence-electron chi connectivity index (χ3n) is 5.03. The molecule has 0 unspecified atom stereocenters. The van der Waals surface area contributed by atoms with Crippen LogP contribution in [0.3, 0.4) is 0 Å². The highest BCUT2D eigenvalue weighted by Gasteiger charge is 2.15. The Morgan fingerprint density at radius 2 is 1.84 bits per heavy atom. The van der Waals surface area contributed by atoms with Crippen LogP contribution >= 0.6 is 0 Å². The molecule has 1 aromatic carbocycles. The molecule has 0 atom stereocenters. The highest BCUT2D eigenvalue weighted by atomic mass is 16.5. The van der Waals surface area contributed by atoms with E-state index in [4.69, 9.17) is 4.74 Å². The van der Waals surface area contributed by atoms with Crippen LogP contribution in [0.15, 0.2) is 43.0 Å². The normalized spacial score (nSPS) is 10.5. The fourth-order valence-corrected chi connectivity index (χ4v) is 3.32. The van der Waals surface area contributed by atoms with Gasteiger partial charge < -0.3 is 24.4 Å².